The number of benzene rings is 1. The monoisotopic (exact) mass is 386 g/mol. The molecule has 1 aliphatic heterocycles. The van der Waals surface area contributed by atoms with E-state index in [1.165, 1.54) is 5.56 Å². The van der Waals surface area contributed by atoms with Crippen LogP contribution in [0.4, 0.5) is 0 Å². The highest BCUT2D eigenvalue weighted by Crippen LogP contribution is 2.44. The van der Waals surface area contributed by atoms with Gasteiger partial charge in [0.15, 0.2) is 0 Å². The van der Waals surface area contributed by atoms with E-state index in [0.29, 0.717) is 18.8 Å². The maximum Gasteiger partial charge on any atom is 0.303 e. The van der Waals surface area contributed by atoms with Gasteiger partial charge in [-0.3, -0.25) is 4.79 Å². The van der Waals surface area contributed by atoms with Crippen molar-refractivity contribution >= 4 is 5.97 Å². The van der Waals surface area contributed by atoms with Crippen molar-refractivity contribution in [1.29, 1.82) is 0 Å². The fraction of sp³-hybridized carbons (Fsp3) is 0.522. The third kappa shape index (κ3) is 6.03. The van der Waals surface area contributed by atoms with Crippen LogP contribution >= 0.6 is 0 Å². The van der Waals surface area contributed by atoms with E-state index in [9.17, 15) is 9.90 Å². The van der Waals surface area contributed by atoms with Crippen LogP contribution in [0.5, 0.6) is 0 Å². The molecule has 5 heteroatoms. The zero-order valence-electron chi connectivity index (χ0n) is 16.2. The molecule has 2 N–H and O–H groups in total. The quantitative estimate of drug-likeness (QED) is 0.341. The Labute approximate surface area is 166 Å². The Balaban J connectivity index is 1.46. The van der Waals surface area contributed by atoms with Gasteiger partial charge < -0.3 is 10.2 Å². The summed E-state index contributed by atoms with van der Waals surface area (Å²) in [7, 11) is 0. The van der Waals surface area contributed by atoms with E-state index in [4.69, 9.17) is 14.9 Å². The van der Waals surface area contributed by atoms with Crippen molar-refractivity contribution < 1.29 is 24.8 Å². The number of allylic oxidation sites excluding steroid dienone is 2. The topological polar surface area (TPSA) is 76.0 Å². The highest BCUT2D eigenvalue weighted by molar-refractivity contribution is 5.66. The van der Waals surface area contributed by atoms with Crippen molar-refractivity contribution in [1.82, 2.24) is 0 Å². The predicted octanol–water partition coefficient (Wildman–Crippen LogP) is 4.07. The van der Waals surface area contributed by atoms with Gasteiger partial charge in [0.25, 0.3) is 0 Å². The number of rotatable bonds is 11. The molecule has 1 aromatic carbocycles. The zero-order chi connectivity index (χ0) is 19.8. The van der Waals surface area contributed by atoms with Gasteiger partial charge in [-0.15, -0.1) is 0 Å². The lowest BCUT2D eigenvalue weighted by atomic mass is 9.89. The van der Waals surface area contributed by atoms with Crippen LogP contribution in [0, 0.1) is 11.8 Å². The Morgan fingerprint density at radius 1 is 1.18 bits per heavy atom. The first-order valence-corrected chi connectivity index (χ1v) is 10.2. The third-order valence-electron chi connectivity index (χ3n) is 5.63. The zero-order valence-corrected chi connectivity index (χ0v) is 16.2. The highest BCUT2D eigenvalue weighted by Gasteiger charge is 2.49. The van der Waals surface area contributed by atoms with Crippen LogP contribution in [0.25, 0.3) is 0 Å². The van der Waals surface area contributed by atoms with Gasteiger partial charge in [-0.25, -0.2) is 9.78 Å². The van der Waals surface area contributed by atoms with Crippen molar-refractivity contribution in [3.63, 3.8) is 0 Å². The summed E-state index contributed by atoms with van der Waals surface area (Å²) in [6, 6.07) is 10.2. The molecule has 0 amide bonds. The number of hydrogen-bond acceptors (Lipinski definition) is 4. The van der Waals surface area contributed by atoms with Crippen molar-refractivity contribution in [2.45, 2.75) is 63.3 Å². The fourth-order valence-electron chi connectivity index (χ4n) is 4.07. The molecular formula is C23H30O5. The van der Waals surface area contributed by atoms with Crippen LogP contribution < -0.4 is 0 Å². The second kappa shape index (κ2) is 10.6. The lowest BCUT2D eigenvalue weighted by Crippen LogP contribution is -2.28. The normalized spacial score (nSPS) is 27.8. The number of unbranched alkanes of at least 4 members (excludes halogenated alkanes) is 1. The molecule has 2 fully saturated rings. The highest BCUT2D eigenvalue weighted by atomic mass is 17.2. The summed E-state index contributed by atoms with van der Waals surface area (Å²) in [6.45, 7) is 0. The maximum absolute atomic E-state index is 10.5. The van der Waals surface area contributed by atoms with Gasteiger partial charge >= 0.3 is 5.97 Å². The summed E-state index contributed by atoms with van der Waals surface area (Å²) in [6.07, 6.45) is 12.9. The number of aryl methyl sites for hydroxylation is 1. The molecule has 28 heavy (non-hydrogen) atoms. The minimum absolute atomic E-state index is 0.0629. The molecule has 2 bridgehead atoms. The minimum Gasteiger partial charge on any atom is -0.481 e. The molecule has 152 valence electrons. The first kappa shape index (κ1) is 20.8. The molecule has 0 aromatic heterocycles. The summed E-state index contributed by atoms with van der Waals surface area (Å²) in [5.41, 5.74) is 1.23. The van der Waals surface area contributed by atoms with Crippen molar-refractivity contribution in [3.05, 3.63) is 60.2 Å². The number of hydrogen-bond donors (Lipinski definition) is 2. The lowest BCUT2D eigenvalue weighted by Gasteiger charge is -2.27. The summed E-state index contributed by atoms with van der Waals surface area (Å²) in [4.78, 5) is 21.4. The number of aliphatic hydroxyl groups excluding tert-OH is 1. The molecule has 1 aliphatic carbocycles. The molecule has 2 aliphatic rings. The molecule has 1 heterocycles. The third-order valence-corrected chi connectivity index (χ3v) is 5.63. The van der Waals surface area contributed by atoms with Gasteiger partial charge in [0, 0.05) is 24.7 Å². The minimum atomic E-state index is -0.747. The first-order chi connectivity index (χ1) is 13.6. The molecule has 5 unspecified atom stereocenters. The molecular weight excluding hydrogens is 356 g/mol. The van der Waals surface area contributed by atoms with Crippen LogP contribution in [-0.4, -0.2) is 34.5 Å². The second-order valence-corrected chi connectivity index (χ2v) is 7.72. The Kier molecular flexibility index (Phi) is 7.83. The van der Waals surface area contributed by atoms with Crippen LogP contribution in [0.3, 0.4) is 0 Å². The van der Waals surface area contributed by atoms with Crippen LogP contribution in [0.15, 0.2) is 54.6 Å². The van der Waals surface area contributed by atoms with Gasteiger partial charge in [0.05, 0.1) is 12.2 Å². The van der Waals surface area contributed by atoms with E-state index in [-0.39, 0.29) is 24.5 Å². The summed E-state index contributed by atoms with van der Waals surface area (Å²) in [5.74, 6) is -0.163. The number of carbonyl (C=O) groups is 1. The Morgan fingerprint density at radius 2 is 1.96 bits per heavy atom. The molecule has 0 radical (unpaired) electrons. The van der Waals surface area contributed by atoms with Crippen LogP contribution in [0.1, 0.15) is 44.1 Å². The Bertz CT molecular complexity index is 669. The number of carboxylic acids is 1. The number of carboxylic acid groups (broad SMARTS) is 1. The number of aliphatic carboxylic acids is 1. The molecule has 5 atom stereocenters. The SMILES string of the molecule is O=C(O)CCC/C=C/CC1C2CC(OO2)C1/C=C/C(O)CCc1ccccc1. The van der Waals surface area contributed by atoms with E-state index in [1.807, 2.05) is 24.3 Å². The van der Waals surface area contributed by atoms with Gasteiger partial charge in [0.1, 0.15) is 6.10 Å². The van der Waals surface area contributed by atoms with E-state index >= 15 is 0 Å². The van der Waals surface area contributed by atoms with Crippen molar-refractivity contribution in [2.75, 3.05) is 0 Å². The lowest BCUT2D eigenvalue weighted by molar-refractivity contribution is -0.336. The van der Waals surface area contributed by atoms with Gasteiger partial charge in [-0.1, -0.05) is 54.6 Å². The van der Waals surface area contributed by atoms with E-state index in [0.717, 1.165) is 25.7 Å². The Morgan fingerprint density at radius 3 is 2.75 bits per heavy atom. The first-order valence-electron chi connectivity index (χ1n) is 10.2. The second-order valence-electron chi connectivity index (χ2n) is 7.72. The van der Waals surface area contributed by atoms with Crippen molar-refractivity contribution in [3.8, 4) is 0 Å². The smallest absolute Gasteiger partial charge is 0.303 e. The summed E-state index contributed by atoms with van der Waals surface area (Å²) < 4.78 is 0. The molecule has 1 aromatic rings. The Hall–Kier alpha value is -1.95. The van der Waals surface area contributed by atoms with Gasteiger partial charge in [0.2, 0.25) is 0 Å². The summed E-state index contributed by atoms with van der Waals surface area (Å²) >= 11 is 0. The molecule has 1 saturated heterocycles. The molecule has 1 saturated carbocycles. The van der Waals surface area contributed by atoms with Crippen LogP contribution in [0.2, 0.25) is 0 Å². The van der Waals surface area contributed by atoms with Crippen molar-refractivity contribution in [2.24, 2.45) is 11.8 Å². The average Bonchev–Trinajstić information content (AvgIpc) is 3.30. The molecule has 3 rings (SSSR count). The number of fused-ring (bicyclic) bond motifs is 2. The largest absolute Gasteiger partial charge is 0.481 e. The van der Waals surface area contributed by atoms with Gasteiger partial charge in [-0.05, 0) is 37.7 Å². The number of aliphatic hydroxyl groups is 1. The molecule has 0 spiro atoms. The van der Waals surface area contributed by atoms with E-state index in [2.05, 4.69) is 30.4 Å². The maximum atomic E-state index is 10.5. The standard InChI is InChI=1S/C23H30O5/c24-18(13-12-17-8-4-3-5-9-17)14-15-20-19(21-16-22(20)28-27-21)10-6-1-2-7-11-23(25)26/h1,3-6,8-9,14-15,18-22,24H,2,7,10-13,16H2,(H,25,26)/b6-1+,15-14+. The average molecular weight is 386 g/mol. The summed E-state index contributed by atoms with van der Waals surface area (Å²) in [5, 5.41) is 19.0. The predicted molar refractivity (Wildman–Crippen MR) is 106 cm³/mol. The van der Waals surface area contributed by atoms with Gasteiger partial charge in [-0.2, -0.15) is 0 Å². The van der Waals surface area contributed by atoms with Crippen LogP contribution in [-0.2, 0) is 21.0 Å². The fourth-order valence-corrected chi connectivity index (χ4v) is 4.07. The van der Waals surface area contributed by atoms with E-state index in [1.54, 1.807) is 0 Å². The van der Waals surface area contributed by atoms with E-state index < -0.39 is 12.1 Å². The molecule has 5 nitrogen and oxygen atoms in total.